The van der Waals surface area contributed by atoms with Gasteiger partial charge >= 0.3 is 0 Å². The first kappa shape index (κ1) is 9.04. The lowest BCUT2D eigenvalue weighted by Gasteiger charge is -2.03. The highest BCUT2D eigenvalue weighted by Gasteiger charge is 2.04. The van der Waals surface area contributed by atoms with Crippen molar-refractivity contribution in [2.75, 3.05) is 0 Å². The summed E-state index contributed by atoms with van der Waals surface area (Å²) in [6.45, 7) is 0. The molecule has 0 fully saturated rings. The first-order chi connectivity index (χ1) is 7.95. The van der Waals surface area contributed by atoms with Crippen molar-refractivity contribution in [2.45, 2.75) is 0 Å². The summed E-state index contributed by atoms with van der Waals surface area (Å²) in [5, 5.41) is 2.15. The number of nitrogens with zero attached hydrogens (tertiary/aromatic N) is 2. The van der Waals surface area contributed by atoms with Crippen molar-refractivity contribution < 1.29 is 0 Å². The summed E-state index contributed by atoms with van der Waals surface area (Å²) in [5.41, 5.74) is 1.81. The summed E-state index contributed by atoms with van der Waals surface area (Å²) >= 11 is 0. The van der Waals surface area contributed by atoms with E-state index in [2.05, 4.69) is 16.0 Å². The van der Waals surface area contributed by atoms with Crippen molar-refractivity contribution in [3.05, 3.63) is 60.9 Å². The maximum atomic E-state index is 4.36. The smallest absolute Gasteiger partial charge is 0.0964 e. The Morgan fingerprint density at radius 3 is 2.62 bits per heavy atom. The maximum Gasteiger partial charge on any atom is 0.0964 e. The summed E-state index contributed by atoms with van der Waals surface area (Å²) in [6.07, 6.45) is 3.48. The second-order valence-electron chi connectivity index (χ2n) is 3.51. The van der Waals surface area contributed by atoms with Gasteiger partial charge in [0.1, 0.15) is 0 Å². The van der Waals surface area contributed by atoms with Gasteiger partial charge in [0.2, 0.25) is 0 Å². The molecule has 0 bridgehead atoms. The Balaban J connectivity index is 2.32. The Morgan fingerprint density at radius 1 is 0.875 bits per heavy atom. The van der Waals surface area contributed by atoms with Gasteiger partial charge in [0.25, 0.3) is 0 Å². The molecule has 16 heavy (non-hydrogen) atoms. The number of rotatable bonds is 1. The van der Waals surface area contributed by atoms with E-state index in [1.807, 2.05) is 42.5 Å². The molecule has 3 aromatic rings. The molecule has 0 aliphatic heterocycles. The lowest BCUT2D eigenvalue weighted by Crippen LogP contribution is -1.88. The van der Waals surface area contributed by atoms with Crippen molar-refractivity contribution in [3.8, 4) is 11.4 Å². The molecule has 0 saturated carbocycles. The largest absolute Gasteiger partial charge is 0.255 e. The molecule has 1 radical (unpaired) electrons. The minimum absolute atomic E-state index is 0.896. The first-order valence-electron chi connectivity index (χ1n) is 5.12. The van der Waals surface area contributed by atoms with Crippen LogP contribution in [0, 0.1) is 6.07 Å². The summed E-state index contributed by atoms with van der Waals surface area (Å²) in [7, 11) is 0. The van der Waals surface area contributed by atoms with Crippen LogP contribution < -0.4 is 0 Å². The molecular formula is C14H9N2. The molecule has 0 N–H and O–H groups in total. The molecule has 0 aliphatic rings. The van der Waals surface area contributed by atoms with E-state index in [-0.39, 0.29) is 0 Å². The fourth-order valence-electron chi connectivity index (χ4n) is 1.76. The Hall–Kier alpha value is -2.22. The number of hydrogen-bond acceptors (Lipinski definition) is 2. The third-order valence-electron chi connectivity index (χ3n) is 2.50. The number of hydrogen-bond donors (Lipinski definition) is 0. The van der Waals surface area contributed by atoms with Crippen LogP contribution >= 0.6 is 0 Å². The Morgan fingerprint density at radius 2 is 1.75 bits per heavy atom. The van der Waals surface area contributed by atoms with Crippen LogP contribution in [0.3, 0.4) is 0 Å². The van der Waals surface area contributed by atoms with E-state index in [9.17, 15) is 0 Å². The molecule has 0 saturated heterocycles. The first-order valence-corrected chi connectivity index (χ1v) is 5.12. The predicted molar refractivity (Wildman–Crippen MR) is 63.8 cm³/mol. The van der Waals surface area contributed by atoms with Crippen LogP contribution in [-0.4, -0.2) is 9.97 Å². The lowest BCUT2D eigenvalue weighted by atomic mass is 10.1. The minimum Gasteiger partial charge on any atom is -0.255 e. The molecule has 2 heterocycles. The lowest BCUT2D eigenvalue weighted by molar-refractivity contribution is 1.26. The van der Waals surface area contributed by atoms with Crippen LogP contribution in [0.15, 0.2) is 54.9 Å². The average Bonchev–Trinajstić information content (AvgIpc) is 2.39. The van der Waals surface area contributed by atoms with E-state index >= 15 is 0 Å². The van der Waals surface area contributed by atoms with Crippen LogP contribution in [-0.2, 0) is 0 Å². The van der Waals surface area contributed by atoms with E-state index < -0.39 is 0 Å². The van der Waals surface area contributed by atoms with Gasteiger partial charge in [-0.05, 0) is 17.5 Å². The second kappa shape index (κ2) is 3.74. The van der Waals surface area contributed by atoms with Gasteiger partial charge in [-0.1, -0.05) is 30.3 Å². The third kappa shape index (κ3) is 1.44. The average molecular weight is 205 g/mol. The monoisotopic (exact) mass is 205 g/mol. The fourth-order valence-corrected chi connectivity index (χ4v) is 1.76. The third-order valence-corrected chi connectivity index (χ3v) is 2.50. The summed E-state index contributed by atoms with van der Waals surface area (Å²) in [4.78, 5) is 8.68. The van der Waals surface area contributed by atoms with Gasteiger partial charge in [-0.15, -0.1) is 0 Å². The highest BCUT2D eigenvalue weighted by molar-refractivity contribution is 5.93. The van der Waals surface area contributed by atoms with Gasteiger partial charge in [0.15, 0.2) is 0 Å². The van der Waals surface area contributed by atoms with Gasteiger partial charge in [0, 0.05) is 23.8 Å². The van der Waals surface area contributed by atoms with Gasteiger partial charge in [-0.25, -0.2) is 0 Å². The van der Waals surface area contributed by atoms with Crippen LogP contribution in [0.1, 0.15) is 0 Å². The van der Waals surface area contributed by atoms with E-state index in [1.165, 1.54) is 0 Å². The summed E-state index contributed by atoms with van der Waals surface area (Å²) < 4.78 is 0. The molecule has 0 amide bonds. The number of fused-ring (bicyclic) bond motifs is 1. The van der Waals surface area contributed by atoms with E-state index in [0.717, 1.165) is 22.2 Å². The maximum absolute atomic E-state index is 4.36. The number of pyridine rings is 2. The van der Waals surface area contributed by atoms with Crippen LogP contribution in [0.5, 0.6) is 0 Å². The molecule has 75 valence electrons. The molecular weight excluding hydrogens is 196 g/mol. The van der Waals surface area contributed by atoms with Crippen molar-refractivity contribution in [3.63, 3.8) is 0 Å². The van der Waals surface area contributed by atoms with Crippen LogP contribution in [0.4, 0.5) is 0 Å². The zero-order valence-electron chi connectivity index (χ0n) is 8.59. The predicted octanol–water partition coefficient (Wildman–Crippen LogP) is 3.10. The van der Waals surface area contributed by atoms with Crippen LogP contribution in [0.2, 0.25) is 0 Å². The SMILES string of the molecule is [c]1cnc(-c2ccccn2)c2ccccc12. The van der Waals surface area contributed by atoms with Crippen LogP contribution in [0.25, 0.3) is 22.2 Å². The van der Waals surface area contributed by atoms with E-state index in [4.69, 9.17) is 0 Å². The summed E-state index contributed by atoms with van der Waals surface area (Å²) in [5.74, 6) is 0. The summed E-state index contributed by atoms with van der Waals surface area (Å²) in [6, 6.07) is 17.0. The molecule has 2 nitrogen and oxygen atoms in total. The Labute approximate surface area is 93.6 Å². The number of benzene rings is 1. The minimum atomic E-state index is 0.896. The van der Waals surface area contributed by atoms with E-state index in [1.54, 1.807) is 12.4 Å². The highest BCUT2D eigenvalue weighted by Crippen LogP contribution is 2.23. The molecule has 0 atom stereocenters. The zero-order chi connectivity index (χ0) is 10.8. The van der Waals surface area contributed by atoms with Gasteiger partial charge in [-0.2, -0.15) is 0 Å². The Kier molecular flexibility index (Phi) is 2.11. The van der Waals surface area contributed by atoms with Crippen molar-refractivity contribution in [1.29, 1.82) is 0 Å². The molecule has 2 aromatic heterocycles. The second-order valence-corrected chi connectivity index (χ2v) is 3.51. The molecule has 0 unspecified atom stereocenters. The Bertz CT molecular complexity index is 612. The standard InChI is InChI=1S/C14H9N2/c1-2-6-12-11(5-1)8-10-16-14(12)13-7-3-4-9-15-13/h1-7,9-10H. The van der Waals surface area contributed by atoms with E-state index in [0.29, 0.717) is 0 Å². The molecule has 3 rings (SSSR count). The highest BCUT2D eigenvalue weighted by atomic mass is 14.8. The van der Waals surface area contributed by atoms with Gasteiger partial charge < -0.3 is 0 Å². The topological polar surface area (TPSA) is 25.8 Å². The molecule has 0 spiro atoms. The van der Waals surface area contributed by atoms with Crippen molar-refractivity contribution in [1.82, 2.24) is 9.97 Å². The molecule has 2 heteroatoms. The zero-order valence-corrected chi connectivity index (χ0v) is 8.59. The van der Waals surface area contributed by atoms with Crippen molar-refractivity contribution in [2.24, 2.45) is 0 Å². The van der Waals surface area contributed by atoms with Gasteiger partial charge in [0.05, 0.1) is 11.4 Å². The number of aromatic nitrogens is 2. The molecule has 1 aromatic carbocycles. The van der Waals surface area contributed by atoms with Gasteiger partial charge in [-0.3, -0.25) is 9.97 Å². The quantitative estimate of drug-likeness (QED) is 0.610. The molecule has 0 aliphatic carbocycles. The fraction of sp³-hybridized carbons (Fsp3) is 0. The normalized spacial score (nSPS) is 10.5. The van der Waals surface area contributed by atoms with Crippen molar-refractivity contribution >= 4 is 10.8 Å².